The smallest absolute Gasteiger partial charge is 0.286 e. The summed E-state index contributed by atoms with van der Waals surface area (Å²) in [5.74, 6) is 1.38. The van der Waals surface area contributed by atoms with Crippen molar-refractivity contribution in [2.45, 2.75) is 26.4 Å². The Morgan fingerprint density at radius 2 is 1.86 bits per heavy atom. The highest BCUT2D eigenvalue weighted by atomic mass is 32.1. The van der Waals surface area contributed by atoms with E-state index in [9.17, 15) is 4.79 Å². The molecule has 0 saturated carbocycles. The molecule has 0 spiro atoms. The number of hydrogen-bond donors (Lipinski definition) is 1. The minimum absolute atomic E-state index is 0.177. The van der Waals surface area contributed by atoms with Crippen LogP contribution in [0.15, 0.2) is 54.6 Å². The highest BCUT2D eigenvalue weighted by Gasteiger charge is 2.18. The molecule has 4 rings (SSSR count). The van der Waals surface area contributed by atoms with Gasteiger partial charge >= 0.3 is 0 Å². The standard InChI is InChI=1S/C20H19N5O2S/c1-13(2)17-22-23-20-25(17)24-19(28-20)18(26)21-15-8-10-16(11-9-15)27-12-14-6-4-3-5-7-14/h3-11,13H,12H2,1-2H3,(H,21,26). The van der Waals surface area contributed by atoms with Crippen LogP contribution in [0.25, 0.3) is 4.96 Å². The van der Waals surface area contributed by atoms with Crippen molar-refractivity contribution in [2.75, 3.05) is 5.32 Å². The summed E-state index contributed by atoms with van der Waals surface area (Å²) in [5, 5.41) is 15.7. The number of rotatable bonds is 6. The van der Waals surface area contributed by atoms with Gasteiger partial charge in [-0.05, 0) is 29.8 Å². The molecule has 0 unspecified atom stereocenters. The molecule has 2 heterocycles. The van der Waals surface area contributed by atoms with E-state index in [1.165, 1.54) is 11.3 Å². The lowest BCUT2D eigenvalue weighted by atomic mass is 10.2. The summed E-state index contributed by atoms with van der Waals surface area (Å²) in [6.45, 7) is 4.52. The van der Waals surface area contributed by atoms with Crippen LogP contribution in [0.3, 0.4) is 0 Å². The fourth-order valence-corrected chi connectivity index (χ4v) is 3.39. The normalized spacial score (nSPS) is 11.1. The van der Waals surface area contributed by atoms with E-state index in [0.717, 1.165) is 17.1 Å². The largest absolute Gasteiger partial charge is 0.489 e. The molecule has 1 N–H and O–H groups in total. The van der Waals surface area contributed by atoms with Gasteiger partial charge in [-0.1, -0.05) is 55.5 Å². The Kier molecular flexibility index (Phi) is 5.03. The van der Waals surface area contributed by atoms with Crippen molar-refractivity contribution < 1.29 is 9.53 Å². The summed E-state index contributed by atoms with van der Waals surface area (Å²) in [6, 6.07) is 17.2. The van der Waals surface area contributed by atoms with Gasteiger partial charge in [0.2, 0.25) is 9.97 Å². The zero-order chi connectivity index (χ0) is 19.5. The highest BCUT2D eigenvalue weighted by molar-refractivity contribution is 7.18. The molecule has 28 heavy (non-hydrogen) atoms. The van der Waals surface area contributed by atoms with E-state index < -0.39 is 0 Å². The first-order valence-corrected chi connectivity index (χ1v) is 9.72. The van der Waals surface area contributed by atoms with Gasteiger partial charge < -0.3 is 10.1 Å². The number of ether oxygens (including phenoxy) is 1. The van der Waals surface area contributed by atoms with Crippen LogP contribution in [0.4, 0.5) is 5.69 Å². The molecule has 7 nitrogen and oxygen atoms in total. The molecule has 4 aromatic rings. The third-order valence-electron chi connectivity index (χ3n) is 4.09. The minimum Gasteiger partial charge on any atom is -0.489 e. The second-order valence-corrected chi connectivity index (χ2v) is 7.52. The predicted molar refractivity (Wildman–Crippen MR) is 108 cm³/mol. The maximum absolute atomic E-state index is 12.5. The molecule has 2 aromatic carbocycles. The van der Waals surface area contributed by atoms with Crippen LogP contribution in [0.1, 0.15) is 41.0 Å². The molecule has 1 amide bonds. The third kappa shape index (κ3) is 3.86. The predicted octanol–water partition coefficient (Wildman–Crippen LogP) is 4.14. The molecule has 142 valence electrons. The number of benzene rings is 2. The number of anilines is 1. The molecule has 0 fully saturated rings. The maximum atomic E-state index is 12.5. The van der Waals surface area contributed by atoms with Crippen LogP contribution in [-0.4, -0.2) is 25.7 Å². The van der Waals surface area contributed by atoms with E-state index in [2.05, 4.69) is 20.6 Å². The first-order chi connectivity index (χ1) is 13.6. The molecule has 0 aliphatic rings. The van der Waals surface area contributed by atoms with Gasteiger partial charge in [-0.3, -0.25) is 4.79 Å². The van der Waals surface area contributed by atoms with Crippen molar-refractivity contribution in [3.63, 3.8) is 0 Å². The number of hydrogen-bond acceptors (Lipinski definition) is 6. The number of nitrogens with zero attached hydrogens (tertiary/aromatic N) is 4. The summed E-state index contributed by atoms with van der Waals surface area (Å²) in [6.07, 6.45) is 0. The highest BCUT2D eigenvalue weighted by Crippen LogP contribution is 2.21. The van der Waals surface area contributed by atoms with Gasteiger partial charge in [-0.15, -0.1) is 15.3 Å². The van der Waals surface area contributed by atoms with Crippen molar-refractivity contribution in [1.29, 1.82) is 0 Å². The lowest BCUT2D eigenvalue weighted by Gasteiger charge is -2.08. The fraction of sp³-hybridized carbons (Fsp3) is 0.200. The Morgan fingerprint density at radius 1 is 1.11 bits per heavy atom. The lowest BCUT2D eigenvalue weighted by Crippen LogP contribution is -2.12. The first kappa shape index (κ1) is 18.1. The molecule has 8 heteroatoms. The number of amides is 1. The fourth-order valence-electron chi connectivity index (χ4n) is 2.64. The Labute approximate surface area is 166 Å². The average molecular weight is 393 g/mol. The van der Waals surface area contributed by atoms with Crippen LogP contribution < -0.4 is 10.1 Å². The van der Waals surface area contributed by atoms with E-state index in [1.54, 1.807) is 16.6 Å². The Bertz CT molecular complexity index is 1090. The molecule has 0 aliphatic heterocycles. The summed E-state index contributed by atoms with van der Waals surface area (Å²) < 4.78 is 7.39. The Balaban J connectivity index is 1.40. The van der Waals surface area contributed by atoms with Crippen molar-refractivity contribution in [3.8, 4) is 5.75 Å². The Hall–Kier alpha value is -3.26. The van der Waals surface area contributed by atoms with Crippen molar-refractivity contribution >= 4 is 27.9 Å². The number of fused-ring (bicyclic) bond motifs is 1. The van der Waals surface area contributed by atoms with Gasteiger partial charge in [0, 0.05) is 11.6 Å². The number of nitrogens with one attached hydrogen (secondary N) is 1. The van der Waals surface area contributed by atoms with Gasteiger partial charge in [0.1, 0.15) is 12.4 Å². The van der Waals surface area contributed by atoms with Gasteiger partial charge in [0.15, 0.2) is 5.82 Å². The van der Waals surface area contributed by atoms with E-state index in [-0.39, 0.29) is 11.8 Å². The van der Waals surface area contributed by atoms with Gasteiger partial charge in [-0.25, -0.2) is 0 Å². The van der Waals surface area contributed by atoms with Crippen molar-refractivity contribution in [3.05, 3.63) is 71.0 Å². The second kappa shape index (κ2) is 7.77. The van der Waals surface area contributed by atoms with Crippen molar-refractivity contribution in [1.82, 2.24) is 19.8 Å². The van der Waals surface area contributed by atoms with Gasteiger partial charge in [0.25, 0.3) is 5.91 Å². The monoisotopic (exact) mass is 393 g/mol. The second-order valence-electron chi connectivity index (χ2n) is 6.57. The lowest BCUT2D eigenvalue weighted by molar-refractivity contribution is 0.102. The van der Waals surface area contributed by atoms with E-state index in [1.807, 2.05) is 56.3 Å². The van der Waals surface area contributed by atoms with E-state index in [4.69, 9.17) is 4.74 Å². The summed E-state index contributed by atoms with van der Waals surface area (Å²) in [5.41, 5.74) is 1.77. The van der Waals surface area contributed by atoms with Crippen molar-refractivity contribution in [2.24, 2.45) is 0 Å². The van der Waals surface area contributed by atoms with Crippen LogP contribution in [0.2, 0.25) is 0 Å². The average Bonchev–Trinajstić information content (AvgIpc) is 3.29. The zero-order valence-electron chi connectivity index (χ0n) is 15.5. The molecule has 0 aliphatic carbocycles. The van der Waals surface area contributed by atoms with Crippen LogP contribution in [0, 0.1) is 0 Å². The summed E-state index contributed by atoms with van der Waals surface area (Å²) >= 11 is 1.21. The third-order valence-corrected chi connectivity index (χ3v) is 4.98. The quantitative estimate of drug-likeness (QED) is 0.532. The molecule has 0 bridgehead atoms. The molecular formula is C20H19N5O2S. The number of carbonyl (C=O) groups excluding carboxylic acids is 1. The van der Waals surface area contributed by atoms with Crippen LogP contribution in [-0.2, 0) is 6.61 Å². The Morgan fingerprint density at radius 3 is 2.57 bits per heavy atom. The molecule has 0 radical (unpaired) electrons. The molecule has 0 atom stereocenters. The van der Waals surface area contributed by atoms with E-state index >= 15 is 0 Å². The SMILES string of the molecule is CC(C)c1nnc2sc(C(=O)Nc3ccc(OCc4ccccc4)cc3)nn12. The number of aromatic nitrogens is 4. The zero-order valence-corrected chi connectivity index (χ0v) is 16.3. The molecular weight excluding hydrogens is 374 g/mol. The van der Waals surface area contributed by atoms with Gasteiger partial charge in [0.05, 0.1) is 0 Å². The number of carbonyl (C=O) groups is 1. The van der Waals surface area contributed by atoms with Crippen LogP contribution in [0.5, 0.6) is 5.75 Å². The van der Waals surface area contributed by atoms with E-state index in [0.29, 0.717) is 22.3 Å². The minimum atomic E-state index is -0.275. The maximum Gasteiger partial charge on any atom is 0.286 e. The topological polar surface area (TPSA) is 81.4 Å². The van der Waals surface area contributed by atoms with Gasteiger partial charge in [-0.2, -0.15) is 4.52 Å². The summed E-state index contributed by atoms with van der Waals surface area (Å²) in [4.78, 5) is 13.1. The molecule has 0 saturated heterocycles. The first-order valence-electron chi connectivity index (χ1n) is 8.90. The summed E-state index contributed by atoms with van der Waals surface area (Å²) in [7, 11) is 0. The van der Waals surface area contributed by atoms with Crippen LogP contribution >= 0.6 is 11.3 Å². The molecule has 2 aromatic heterocycles.